The zero-order chi connectivity index (χ0) is 37.6. The lowest BCUT2D eigenvalue weighted by Gasteiger charge is -2.26. The van der Waals surface area contributed by atoms with E-state index in [4.69, 9.17) is 6.85 Å². The van der Waals surface area contributed by atoms with Crippen molar-refractivity contribution < 1.29 is 6.85 Å². The van der Waals surface area contributed by atoms with E-state index in [0.717, 1.165) is 50.5 Å². The summed E-state index contributed by atoms with van der Waals surface area (Å²) in [6.07, 6.45) is 0. The highest BCUT2D eigenvalue weighted by Crippen LogP contribution is 2.39. The number of hydrogen-bond donors (Lipinski definition) is 0. The molecular formula is C48H34N2. The van der Waals surface area contributed by atoms with Gasteiger partial charge in [0.25, 0.3) is 0 Å². The fourth-order valence-corrected chi connectivity index (χ4v) is 6.86. The van der Waals surface area contributed by atoms with Crippen molar-refractivity contribution in [2.45, 2.75) is 0 Å². The molecule has 0 bridgehead atoms. The maximum absolute atomic E-state index is 8.50. The molecule has 8 aromatic carbocycles. The van der Waals surface area contributed by atoms with Crippen LogP contribution in [0.3, 0.4) is 0 Å². The molecule has 50 heavy (non-hydrogen) atoms. The highest BCUT2D eigenvalue weighted by molar-refractivity contribution is 6.10. The number of benzene rings is 8. The number of para-hydroxylation sites is 2. The molecule has 236 valence electrons. The first-order chi connectivity index (χ1) is 26.9. The molecule has 0 radical (unpaired) electrons. The van der Waals surface area contributed by atoms with Gasteiger partial charge in [0.2, 0.25) is 0 Å². The molecule has 0 aliphatic rings. The zero-order valence-corrected chi connectivity index (χ0v) is 27.1. The molecule has 9 aromatic rings. The van der Waals surface area contributed by atoms with Crippen molar-refractivity contribution in [3.05, 3.63) is 206 Å². The maximum atomic E-state index is 8.50. The van der Waals surface area contributed by atoms with Crippen LogP contribution in [0.2, 0.25) is 0 Å². The smallest absolute Gasteiger partial charge is 0.0629 e. The predicted molar refractivity (Wildman–Crippen MR) is 212 cm³/mol. The Bertz CT molecular complexity index is 2800. The minimum atomic E-state index is -0.400. The summed E-state index contributed by atoms with van der Waals surface area (Å²) in [6.45, 7) is 0. The van der Waals surface area contributed by atoms with Crippen LogP contribution < -0.4 is 4.90 Å². The first kappa shape index (κ1) is 24.5. The fraction of sp³-hybridized carbons (Fsp3) is 0. The number of aromatic nitrogens is 1. The molecule has 9 rings (SSSR count). The monoisotopic (exact) mass is 643 g/mol. The predicted octanol–water partition coefficient (Wildman–Crippen LogP) is 13.3. The molecule has 2 nitrogen and oxygen atoms in total. The van der Waals surface area contributed by atoms with Crippen LogP contribution in [-0.4, -0.2) is 4.57 Å². The van der Waals surface area contributed by atoms with Crippen molar-refractivity contribution >= 4 is 38.9 Å². The molecule has 2 heteroatoms. The number of rotatable bonds is 7. The molecule has 0 atom stereocenters. The van der Waals surface area contributed by atoms with Crippen molar-refractivity contribution in [1.82, 2.24) is 4.57 Å². The molecule has 1 aromatic heterocycles. The normalized spacial score (nSPS) is 12.6. The van der Waals surface area contributed by atoms with E-state index in [-0.39, 0.29) is 29.7 Å². The van der Waals surface area contributed by atoms with Gasteiger partial charge in [0.05, 0.1) is 17.9 Å². The summed E-state index contributed by atoms with van der Waals surface area (Å²) in [4.78, 5) is 2.17. The topological polar surface area (TPSA) is 8.17 Å². The third kappa shape index (κ3) is 5.43. The van der Waals surface area contributed by atoms with Gasteiger partial charge in [-0.15, -0.1) is 0 Å². The van der Waals surface area contributed by atoms with Gasteiger partial charge >= 0.3 is 0 Å². The van der Waals surface area contributed by atoms with E-state index < -0.39 is 6.04 Å². The van der Waals surface area contributed by atoms with Gasteiger partial charge in [-0.3, -0.25) is 0 Å². The average Bonchev–Trinajstić information content (AvgIpc) is 3.58. The zero-order valence-electron chi connectivity index (χ0n) is 32.1. The Morgan fingerprint density at radius 3 is 1.44 bits per heavy atom. The van der Waals surface area contributed by atoms with Gasteiger partial charge in [-0.1, -0.05) is 139 Å². The Balaban J connectivity index is 1.11. The second kappa shape index (κ2) is 12.8. The van der Waals surface area contributed by atoms with Crippen LogP contribution in [0.1, 0.15) is 6.85 Å². The van der Waals surface area contributed by atoms with Crippen molar-refractivity contribution in [2.75, 3.05) is 4.90 Å². The molecule has 0 aliphatic heterocycles. The van der Waals surface area contributed by atoms with Crippen LogP contribution in [0, 0.1) is 0 Å². The molecule has 0 amide bonds. The average molecular weight is 644 g/mol. The Kier molecular flexibility index (Phi) is 6.25. The van der Waals surface area contributed by atoms with Crippen molar-refractivity contribution in [3.63, 3.8) is 0 Å². The summed E-state index contributed by atoms with van der Waals surface area (Å²) >= 11 is 0. The van der Waals surface area contributed by atoms with E-state index in [9.17, 15) is 0 Å². The van der Waals surface area contributed by atoms with Crippen LogP contribution in [0.25, 0.3) is 60.9 Å². The lowest BCUT2D eigenvalue weighted by molar-refractivity contribution is 1.18. The first-order valence-corrected chi connectivity index (χ1v) is 16.7. The lowest BCUT2D eigenvalue weighted by atomic mass is 10.0. The van der Waals surface area contributed by atoms with Gasteiger partial charge < -0.3 is 9.47 Å². The Morgan fingerprint density at radius 1 is 0.360 bits per heavy atom. The maximum Gasteiger partial charge on any atom is 0.0629 e. The summed E-state index contributed by atoms with van der Waals surface area (Å²) in [5.41, 5.74) is 11.4. The van der Waals surface area contributed by atoms with Crippen LogP contribution in [0.5, 0.6) is 0 Å². The Morgan fingerprint density at radius 2 is 0.820 bits per heavy atom. The van der Waals surface area contributed by atoms with E-state index in [1.807, 2.05) is 48.5 Å². The van der Waals surface area contributed by atoms with Crippen LogP contribution >= 0.6 is 0 Å². The fourth-order valence-electron chi connectivity index (χ4n) is 6.86. The number of hydrogen-bond acceptors (Lipinski definition) is 1. The molecule has 0 spiro atoms. The third-order valence-corrected chi connectivity index (χ3v) is 9.29. The second-order valence-corrected chi connectivity index (χ2v) is 12.3. The SMILES string of the molecule is [2H]c1c([2H])c([2H])c(-c2ccc(N(c3ccc(-c4ccccc4)cc3)c3ccc(-c4ccc5c(c4)c4ccccc4n5-c4ccccc4)cc3)cc2)c([2H])c1[2H]. The van der Waals surface area contributed by atoms with E-state index in [2.05, 4.69) is 137 Å². The first-order valence-electron chi connectivity index (χ1n) is 19.2. The van der Waals surface area contributed by atoms with Crippen LogP contribution in [0.4, 0.5) is 17.1 Å². The van der Waals surface area contributed by atoms with Crippen LogP contribution in [0.15, 0.2) is 206 Å². The molecule has 0 unspecified atom stereocenters. The van der Waals surface area contributed by atoms with Gasteiger partial charge in [0.15, 0.2) is 0 Å². The highest BCUT2D eigenvalue weighted by atomic mass is 15.1. The van der Waals surface area contributed by atoms with Gasteiger partial charge in [-0.25, -0.2) is 0 Å². The van der Waals surface area contributed by atoms with Gasteiger partial charge in [-0.05, 0) is 100 Å². The number of nitrogens with zero attached hydrogens (tertiary/aromatic N) is 2. The summed E-state index contributed by atoms with van der Waals surface area (Å²) in [5, 5.41) is 2.40. The molecule has 0 saturated carbocycles. The molecule has 1 heterocycles. The third-order valence-electron chi connectivity index (χ3n) is 9.29. The molecule has 0 saturated heterocycles. The Labute approximate surface area is 299 Å². The van der Waals surface area contributed by atoms with Crippen molar-refractivity contribution in [3.8, 4) is 39.1 Å². The second-order valence-electron chi connectivity index (χ2n) is 12.3. The lowest BCUT2D eigenvalue weighted by Crippen LogP contribution is -2.09. The molecule has 0 fully saturated rings. The van der Waals surface area contributed by atoms with Crippen LogP contribution in [-0.2, 0) is 0 Å². The largest absolute Gasteiger partial charge is 0.311 e. The summed E-state index contributed by atoms with van der Waals surface area (Å²) in [6, 6.07) is 59.0. The number of fused-ring (bicyclic) bond motifs is 3. The quantitative estimate of drug-likeness (QED) is 0.168. The van der Waals surface area contributed by atoms with Crippen molar-refractivity contribution in [1.29, 1.82) is 0 Å². The van der Waals surface area contributed by atoms with Gasteiger partial charge in [0.1, 0.15) is 0 Å². The standard InChI is InChI=1S/C48H34N2/c1-4-12-35(13-5-1)37-20-27-42(28-21-37)49(43-29-22-38(23-30-43)36-14-6-2-7-15-36)44-31-24-39(25-32-44)40-26-33-48-46(34-40)45-18-10-11-19-47(45)50(48)41-16-8-3-9-17-41/h1-34H/i1D,4D,5D,12D,13D. The van der Waals surface area contributed by atoms with E-state index in [1.165, 1.54) is 16.3 Å². The number of anilines is 3. The minimum Gasteiger partial charge on any atom is -0.311 e. The summed E-state index contributed by atoms with van der Waals surface area (Å²) in [7, 11) is 0. The Hall–Kier alpha value is -6.64. The minimum absolute atomic E-state index is 0.185. The van der Waals surface area contributed by atoms with Gasteiger partial charge in [-0.2, -0.15) is 0 Å². The molecule has 0 aliphatic carbocycles. The van der Waals surface area contributed by atoms with Gasteiger partial charge in [0, 0.05) is 33.5 Å². The summed E-state index contributed by atoms with van der Waals surface area (Å²) in [5.74, 6) is 0. The molecular weight excluding hydrogens is 605 g/mol. The van der Waals surface area contributed by atoms with E-state index in [0.29, 0.717) is 5.56 Å². The highest BCUT2D eigenvalue weighted by Gasteiger charge is 2.16. The van der Waals surface area contributed by atoms with E-state index in [1.54, 1.807) is 0 Å². The molecule has 0 N–H and O–H groups in total. The van der Waals surface area contributed by atoms with Crippen molar-refractivity contribution in [2.24, 2.45) is 0 Å². The van der Waals surface area contributed by atoms with E-state index >= 15 is 0 Å². The summed E-state index contributed by atoms with van der Waals surface area (Å²) < 4.78 is 43.7.